The van der Waals surface area contributed by atoms with Gasteiger partial charge in [0.15, 0.2) is 0 Å². The number of carbonyl (C=O) groups is 1. The van der Waals surface area contributed by atoms with E-state index in [1.807, 2.05) is 36.4 Å². The highest BCUT2D eigenvalue weighted by atomic mass is 32.2. The molecule has 0 saturated heterocycles. The normalized spacial score (nSPS) is 11.4. The number of hydrogen-bond donors (Lipinski definition) is 0. The van der Waals surface area contributed by atoms with E-state index in [0.717, 1.165) is 4.90 Å². The lowest BCUT2D eigenvalue weighted by molar-refractivity contribution is -0.140. The van der Waals surface area contributed by atoms with Crippen LogP contribution < -0.4 is 0 Å². The number of thioether (sulfide) groups is 1. The Hall–Kier alpha value is -1.47. The van der Waals surface area contributed by atoms with Gasteiger partial charge in [0, 0.05) is 11.8 Å². The van der Waals surface area contributed by atoms with Crippen LogP contribution in [0.15, 0.2) is 35.2 Å². The number of hydrogen-bond acceptors (Lipinski definition) is 4. The average Bonchev–Trinajstić information content (AvgIpc) is 2.17. The van der Waals surface area contributed by atoms with Crippen LogP contribution in [0.5, 0.6) is 0 Å². The lowest BCUT2D eigenvalue weighted by Gasteiger charge is -2.07. The zero-order valence-electron chi connectivity index (χ0n) is 7.64. The molecule has 0 N–H and O–H groups in total. The van der Waals surface area contributed by atoms with Gasteiger partial charge in [-0.15, -0.1) is 0 Å². The van der Waals surface area contributed by atoms with Crippen LogP contribution in [0.2, 0.25) is 0 Å². The summed E-state index contributed by atoms with van der Waals surface area (Å²) in [5, 5.41) is 8.69. The van der Waals surface area contributed by atoms with Gasteiger partial charge in [-0.1, -0.05) is 30.0 Å². The third-order valence-electron chi connectivity index (χ3n) is 1.36. The first-order chi connectivity index (χ1) is 6.72. The summed E-state index contributed by atoms with van der Waals surface area (Å²) in [4.78, 5) is 11.5. The fraction of sp³-hybridized carbons (Fsp3) is 0.200. The highest BCUT2D eigenvalue weighted by Gasteiger charge is 2.11. The quantitative estimate of drug-likeness (QED) is 0.433. The minimum Gasteiger partial charge on any atom is -0.436 e. The highest BCUT2D eigenvalue weighted by Crippen LogP contribution is 2.23. The molecule has 0 spiro atoms. The van der Waals surface area contributed by atoms with Crippen molar-refractivity contribution >= 4 is 17.7 Å². The lowest BCUT2D eigenvalue weighted by Crippen LogP contribution is -2.09. The van der Waals surface area contributed by atoms with Gasteiger partial charge in [0.25, 0.3) is 0 Å². The molecule has 0 unspecified atom stereocenters. The Labute approximate surface area is 86.7 Å². The van der Waals surface area contributed by atoms with Crippen molar-refractivity contribution in [2.24, 2.45) is 0 Å². The van der Waals surface area contributed by atoms with Gasteiger partial charge >= 0.3 is 5.97 Å². The van der Waals surface area contributed by atoms with Crippen molar-refractivity contribution in [2.75, 3.05) is 0 Å². The van der Waals surface area contributed by atoms with Gasteiger partial charge < -0.3 is 4.74 Å². The summed E-state index contributed by atoms with van der Waals surface area (Å²) in [7, 11) is 0. The molecule has 0 fully saturated rings. The first-order valence-corrected chi connectivity index (χ1v) is 4.89. The van der Waals surface area contributed by atoms with Crippen molar-refractivity contribution in [3.05, 3.63) is 30.3 Å². The van der Waals surface area contributed by atoms with E-state index in [2.05, 4.69) is 0 Å². The summed E-state index contributed by atoms with van der Waals surface area (Å²) in [6.07, 6.45) is 0. The van der Waals surface area contributed by atoms with Crippen molar-refractivity contribution in [1.29, 1.82) is 5.26 Å². The van der Waals surface area contributed by atoms with E-state index in [0.29, 0.717) is 0 Å². The van der Waals surface area contributed by atoms with Gasteiger partial charge in [-0.25, -0.2) is 0 Å². The highest BCUT2D eigenvalue weighted by molar-refractivity contribution is 8.00. The molecule has 0 radical (unpaired) electrons. The standard InChI is InChI=1S/C10H9NO2S/c1-8(12)13-10(7-11)14-9-5-3-2-4-6-9/h2-6,10H,1H3/t10-/m0/s1. The fourth-order valence-corrected chi connectivity index (χ4v) is 1.65. The molecule has 1 aromatic carbocycles. The summed E-state index contributed by atoms with van der Waals surface area (Å²) in [6, 6.07) is 11.2. The van der Waals surface area contributed by atoms with E-state index in [9.17, 15) is 4.79 Å². The van der Waals surface area contributed by atoms with Crippen molar-refractivity contribution in [2.45, 2.75) is 17.3 Å². The molecule has 4 heteroatoms. The molecule has 1 aromatic rings. The Morgan fingerprint density at radius 1 is 1.50 bits per heavy atom. The Bertz CT molecular complexity index is 345. The van der Waals surface area contributed by atoms with Gasteiger partial charge in [-0.2, -0.15) is 5.26 Å². The molecule has 0 saturated carbocycles. The molecular formula is C10H9NO2S. The van der Waals surface area contributed by atoms with Crippen LogP contribution in [0.3, 0.4) is 0 Å². The number of nitrogens with zero attached hydrogens (tertiary/aromatic N) is 1. The Kier molecular flexibility index (Phi) is 4.02. The van der Waals surface area contributed by atoms with Crippen LogP contribution in [0.1, 0.15) is 6.92 Å². The van der Waals surface area contributed by atoms with E-state index < -0.39 is 11.4 Å². The molecule has 0 amide bonds. The Morgan fingerprint density at radius 3 is 2.64 bits per heavy atom. The minimum absolute atomic E-state index is 0.444. The van der Waals surface area contributed by atoms with Crippen LogP contribution in [0.4, 0.5) is 0 Å². The second-order valence-electron chi connectivity index (χ2n) is 2.50. The Balaban J connectivity index is 2.58. The van der Waals surface area contributed by atoms with Crippen LogP contribution in [-0.2, 0) is 9.53 Å². The van der Waals surface area contributed by atoms with Crippen LogP contribution in [0.25, 0.3) is 0 Å². The summed E-state index contributed by atoms with van der Waals surface area (Å²) in [5.74, 6) is -0.444. The van der Waals surface area contributed by atoms with E-state index in [-0.39, 0.29) is 0 Å². The second-order valence-corrected chi connectivity index (χ2v) is 3.64. The number of ether oxygens (including phenoxy) is 1. The zero-order chi connectivity index (χ0) is 10.4. The monoisotopic (exact) mass is 207 g/mol. The fourth-order valence-electron chi connectivity index (χ4n) is 0.850. The predicted molar refractivity (Wildman–Crippen MR) is 53.5 cm³/mol. The van der Waals surface area contributed by atoms with E-state index in [4.69, 9.17) is 10.00 Å². The number of carbonyl (C=O) groups excluding carboxylic acids is 1. The number of benzene rings is 1. The molecule has 0 aliphatic carbocycles. The SMILES string of the molecule is CC(=O)O[C@H](C#N)Sc1ccccc1. The summed E-state index contributed by atoms with van der Waals surface area (Å²) >= 11 is 1.21. The van der Waals surface area contributed by atoms with Gasteiger partial charge in [0.05, 0.1) is 0 Å². The zero-order valence-corrected chi connectivity index (χ0v) is 8.45. The average molecular weight is 207 g/mol. The van der Waals surface area contributed by atoms with Crippen LogP contribution in [-0.4, -0.2) is 11.4 Å². The van der Waals surface area contributed by atoms with E-state index in [1.165, 1.54) is 18.7 Å². The topological polar surface area (TPSA) is 50.1 Å². The Morgan fingerprint density at radius 2 is 2.14 bits per heavy atom. The summed E-state index contributed by atoms with van der Waals surface area (Å²) in [6.45, 7) is 1.29. The number of esters is 1. The molecule has 0 aliphatic rings. The smallest absolute Gasteiger partial charge is 0.304 e. The lowest BCUT2D eigenvalue weighted by atomic mass is 10.4. The molecule has 3 nitrogen and oxygen atoms in total. The number of nitriles is 1. The minimum atomic E-state index is -0.769. The third kappa shape index (κ3) is 3.50. The molecule has 72 valence electrons. The molecular weight excluding hydrogens is 198 g/mol. The van der Waals surface area contributed by atoms with Crippen molar-refractivity contribution in [1.82, 2.24) is 0 Å². The first-order valence-electron chi connectivity index (χ1n) is 4.01. The molecule has 0 heterocycles. The maximum Gasteiger partial charge on any atom is 0.304 e. The van der Waals surface area contributed by atoms with Gasteiger partial charge in [-0.3, -0.25) is 4.79 Å². The molecule has 1 atom stereocenters. The van der Waals surface area contributed by atoms with Crippen LogP contribution in [0, 0.1) is 11.3 Å². The maximum absolute atomic E-state index is 10.6. The molecule has 0 aliphatic heterocycles. The maximum atomic E-state index is 10.6. The molecule has 1 rings (SSSR count). The van der Waals surface area contributed by atoms with Crippen molar-refractivity contribution in [3.8, 4) is 6.07 Å². The van der Waals surface area contributed by atoms with Gasteiger partial charge in [0.1, 0.15) is 6.07 Å². The van der Waals surface area contributed by atoms with E-state index in [1.54, 1.807) is 0 Å². The number of rotatable bonds is 3. The third-order valence-corrected chi connectivity index (χ3v) is 2.32. The molecule has 0 aromatic heterocycles. The second kappa shape index (κ2) is 5.30. The first kappa shape index (κ1) is 10.6. The summed E-state index contributed by atoms with van der Waals surface area (Å²) in [5.41, 5.74) is -0.769. The van der Waals surface area contributed by atoms with E-state index >= 15 is 0 Å². The predicted octanol–water partition coefficient (Wildman–Crippen LogP) is 2.19. The van der Waals surface area contributed by atoms with Crippen LogP contribution >= 0.6 is 11.8 Å². The summed E-state index contributed by atoms with van der Waals surface area (Å²) < 4.78 is 4.77. The van der Waals surface area contributed by atoms with Crippen molar-refractivity contribution < 1.29 is 9.53 Å². The van der Waals surface area contributed by atoms with Gasteiger partial charge in [-0.05, 0) is 12.1 Å². The molecule has 14 heavy (non-hydrogen) atoms. The molecule has 0 bridgehead atoms. The largest absolute Gasteiger partial charge is 0.436 e. The van der Waals surface area contributed by atoms with Crippen molar-refractivity contribution in [3.63, 3.8) is 0 Å². The van der Waals surface area contributed by atoms with Gasteiger partial charge in [0.2, 0.25) is 5.44 Å².